The number of aryl methyl sites for hydroxylation is 2. The van der Waals surface area contributed by atoms with Crippen LogP contribution in [0.4, 0.5) is 0 Å². The molecule has 2 saturated heterocycles. The predicted octanol–water partition coefficient (Wildman–Crippen LogP) is 34.8. The van der Waals surface area contributed by atoms with Gasteiger partial charge >= 0.3 is 14.2 Å². The Morgan fingerprint density at radius 2 is 0.456 bits per heavy atom. The van der Waals surface area contributed by atoms with Crippen LogP contribution in [0.3, 0.4) is 0 Å². The van der Waals surface area contributed by atoms with Crippen molar-refractivity contribution in [3.8, 4) is 9.75 Å². The van der Waals surface area contributed by atoms with Crippen LogP contribution in [-0.2, 0) is 37.8 Å². The number of amides is 4. The molecule has 4 unspecified atom stereocenters. The Labute approximate surface area is 866 Å². The van der Waals surface area contributed by atoms with Gasteiger partial charge in [0.1, 0.15) is 0 Å². The minimum Gasteiger partial charge on any atom is -0.399 e. The molecule has 136 heavy (non-hydrogen) atoms. The van der Waals surface area contributed by atoms with Crippen LogP contribution >= 0.6 is 99.9 Å². The third-order valence-corrected chi connectivity index (χ3v) is 37.6. The molecule has 6 aliphatic rings. The number of carbonyl (C=O) groups is 4. The molecule has 4 atom stereocenters. The van der Waals surface area contributed by atoms with Gasteiger partial charge in [0, 0.05) is 55.2 Å². The maximum Gasteiger partial charge on any atom is 0.505 e. The Kier molecular flexibility index (Phi) is 48.3. The maximum absolute atomic E-state index is 15.9. The molecule has 2 fully saturated rings. The highest BCUT2D eigenvalue weighted by Crippen LogP contribution is 2.54. The zero-order chi connectivity index (χ0) is 98.0. The van der Waals surface area contributed by atoms with E-state index in [0.29, 0.717) is 72.1 Å². The van der Waals surface area contributed by atoms with Crippen molar-refractivity contribution >= 4 is 170 Å². The Morgan fingerprint density at radius 1 is 0.257 bits per heavy atom. The first kappa shape index (κ1) is 114. The van der Waals surface area contributed by atoms with E-state index >= 15 is 19.2 Å². The number of hydrogen-bond donors (Lipinski definition) is 0. The van der Waals surface area contributed by atoms with Gasteiger partial charge in [-0.05, 0) is 237 Å². The summed E-state index contributed by atoms with van der Waals surface area (Å²) < 4.78 is 30.6. The number of thiophene rings is 6. The zero-order valence-corrected chi connectivity index (χ0v) is 95.5. The van der Waals surface area contributed by atoms with E-state index in [9.17, 15) is 0 Å². The predicted molar refractivity (Wildman–Crippen MR) is 597 cm³/mol. The van der Waals surface area contributed by atoms with Crippen molar-refractivity contribution in [3.05, 3.63) is 132 Å². The first-order chi connectivity index (χ1) is 65.5. The van der Waals surface area contributed by atoms with Crippen LogP contribution in [0.2, 0.25) is 0 Å². The highest BCUT2D eigenvalue weighted by molar-refractivity contribution is 9.12. The fourth-order valence-corrected chi connectivity index (χ4v) is 27.7. The van der Waals surface area contributed by atoms with Gasteiger partial charge in [0.05, 0.1) is 94.6 Å². The van der Waals surface area contributed by atoms with Gasteiger partial charge in [-0.2, -0.15) is 0 Å². The number of unbranched alkanes of at least 4 members (excludes halogenated alkanes) is 32. The van der Waals surface area contributed by atoms with Gasteiger partial charge in [-0.3, -0.25) is 19.2 Å². The molecule has 0 aliphatic carbocycles. The summed E-state index contributed by atoms with van der Waals surface area (Å²) in [6.45, 7) is 41.8. The summed E-state index contributed by atoms with van der Waals surface area (Å²) in [4.78, 5) is 79.7. The van der Waals surface area contributed by atoms with E-state index in [0.717, 1.165) is 129 Å². The molecule has 12 rings (SSSR count). The van der Waals surface area contributed by atoms with Crippen LogP contribution < -0.4 is 9.55 Å². The van der Waals surface area contributed by atoms with E-state index in [1.54, 1.807) is 56.7 Å². The second-order valence-corrected chi connectivity index (χ2v) is 52.0. The van der Waals surface area contributed by atoms with E-state index in [4.69, 9.17) is 18.6 Å². The molecule has 4 amide bonds. The summed E-state index contributed by atoms with van der Waals surface area (Å²) in [6, 6.07) is 25.6. The lowest BCUT2D eigenvalue weighted by Gasteiger charge is -2.32. The third-order valence-electron chi connectivity index (χ3n) is 29.9. The molecule has 0 bridgehead atoms. The molecule has 0 spiro atoms. The van der Waals surface area contributed by atoms with Gasteiger partial charge < -0.3 is 38.2 Å². The fourth-order valence-electron chi connectivity index (χ4n) is 20.3. The maximum atomic E-state index is 15.9. The van der Waals surface area contributed by atoms with Crippen molar-refractivity contribution < 1.29 is 37.8 Å². The monoisotopic (exact) mass is 2100 g/mol. The molecule has 6 aromatic heterocycles. The van der Waals surface area contributed by atoms with E-state index < -0.39 is 36.6 Å². The van der Waals surface area contributed by atoms with Crippen LogP contribution in [-0.4, -0.2) is 106 Å². The van der Waals surface area contributed by atoms with E-state index in [2.05, 4.69) is 227 Å². The smallest absolute Gasteiger partial charge is 0.399 e. The summed E-state index contributed by atoms with van der Waals surface area (Å²) in [5.74, 6) is 1.53. The second-order valence-electron chi connectivity index (χ2n) is 42.3. The minimum absolute atomic E-state index is 0.0380. The molecule has 6 aliphatic heterocycles. The standard InChI is InChI=1S/C58H94B2N2O6S2.C52H78N2O2S3.C4H2Br2S/c1-13-17-21-25-27-31-35-43(33-29-23-19-15-3)41-61-51(45-37-39-47(69-45)59-65-55(5,6)56(7,8)66-59)49-50(53(61)63)52(46-38-40-48(70-46)60-67-57(9,10)58(11,12)68-60)62(54(49)64)42-44(34-30-24-20-16-4)36-32-28-26-22-18-14-2;1-7-11-15-19-21-25-29-41(27-23-17-13-9-3)37-53-49(45-34-32-40(6)58-45)47-48(52(53)56)50(46-36-35-44(59-46)43-33-31-39(5)57-43)54(51(47)55)38-42(28-24-18-14-10-4)30-26-22-20-16-12-8-2;5-3-1-2-4(6)7-3/h37-40,43-44H,13-36,41-42H2,1-12H3;31-36,41-42H,7-30,37-38H2,1-6H3;1-2H. The Hall–Kier alpha value is -4.03. The SMILES string of the molecule is Brc1ccc(Br)s1.CCCCCCCCC(CCCCCC)CN1C(=O)C2=C(c3ccc(-c4ccc(C)s4)s3)N(CC(CCCCCC)CCCCCCCC)C(=O)C2=C1c1ccc(C)s1.CCCCCCCCC(CCCCCC)CN1C(=O)C2=C(c3ccc(B4OC(C)(C)C(C)(C)O4)s3)N(CC(CCCCCC)CCCCCCCC)C(=O)C2=C1c1ccc(B2OC(C)(C)C(C)(C)O2)s1. The topological polar surface area (TPSA) is 118 Å². The lowest BCUT2D eigenvalue weighted by atomic mass is 9.88. The lowest BCUT2D eigenvalue weighted by Crippen LogP contribution is -2.41. The van der Waals surface area contributed by atoms with Crippen LogP contribution in [0.25, 0.3) is 32.5 Å². The molecule has 0 radical (unpaired) electrons. The molecule has 0 N–H and O–H groups in total. The van der Waals surface area contributed by atoms with Gasteiger partial charge in [0.2, 0.25) is 0 Å². The first-order valence-electron chi connectivity index (χ1n) is 54.3. The van der Waals surface area contributed by atoms with Gasteiger partial charge in [0.25, 0.3) is 23.6 Å². The summed E-state index contributed by atoms with van der Waals surface area (Å²) in [5.41, 5.74) is 3.83. The average molecular weight is 2100 g/mol. The number of nitrogens with zero attached hydrogens (tertiary/aromatic N) is 4. The first-order valence-corrected chi connectivity index (χ1v) is 60.8. The zero-order valence-electron chi connectivity index (χ0n) is 87.4. The highest BCUT2D eigenvalue weighted by atomic mass is 79.9. The Balaban J connectivity index is 0.000000265. The normalized spacial score (nSPS) is 17.6. The second kappa shape index (κ2) is 57.6. The third kappa shape index (κ3) is 32.0. The van der Waals surface area contributed by atoms with E-state index in [1.807, 2.05) is 33.3 Å². The number of carbonyl (C=O) groups excluding carboxylic acids is 4. The van der Waals surface area contributed by atoms with E-state index in [-0.39, 0.29) is 23.6 Å². The molecule has 12 heterocycles. The highest BCUT2D eigenvalue weighted by Gasteiger charge is 2.57. The van der Waals surface area contributed by atoms with Crippen molar-refractivity contribution in [3.63, 3.8) is 0 Å². The number of hydrogen-bond acceptors (Lipinski definition) is 14. The molecule has 12 nitrogen and oxygen atoms in total. The minimum atomic E-state index is -0.532. The van der Waals surface area contributed by atoms with Gasteiger partial charge in [-0.25, -0.2) is 0 Å². The van der Waals surface area contributed by atoms with Crippen molar-refractivity contribution in [1.82, 2.24) is 19.6 Å². The van der Waals surface area contributed by atoms with Crippen molar-refractivity contribution in [2.75, 3.05) is 26.2 Å². The summed E-state index contributed by atoms with van der Waals surface area (Å²) >= 11 is 16.8. The summed E-state index contributed by atoms with van der Waals surface area (Å²) in [7, 11) is -1.06. The van der Waals surface area contributed by atoms with Crippen molar-refractivity contribution in [2.24, 2.45) is 23.7 Å². The summed E-state index contributed by atoms with van der Waals surface area (Å²) in [6.07, 6.45) is 58.7. The number of rotatable bonds is 63. The van der Waals surface area contributed by atoms with E-state index in [1.165, 1.54) is 258 Å². The Bertz CT molecular complexity index is 4590. The molecular formula is C114H174B2Br2N4O8S6. The Morgan fingerprint density at radius 3 is 0.691 bits per heavy atom. The molecule has 0 saturated carbocycles. The molecule has 6 aromatic rings. The summed E-state index contributed by atoms with van der Waals surface area (Å²) in [5, 5.41) is 0. The van der Waals surface area contributed by atoms with Gasteiger partial charge in [-0.15, -0.1) is 68.0 Å². The number of halogens is 2. The molecular weight excluding hydrogens is 1930 g/mol. The van der Waals surface area contributed by atoms with Crippen molar-refractivity contribution in [1.29, 1.82) is 0 Å². The largest absolute Gasteiger partial charge is 0.505 e. The molecule has 754 valence electrons. The number of fused-ring (bicyclic) bond motifs is 2. The van der Waals surface area contributed by atoms with Gasteiger partial charge in [0.15, 0.2) is 0 Å². The van der Waals surface area contributed by atoms with Crippen LogP contribution in [0.5, 0.6) is 0 Å². The van der Waals surface area contributed by atoms with Crippen LogP contribution in [0.1, 0.15) is 448 Å². The fraction of sp³-hybridized carbons (Fsp3) is 0.684. The lowest BCUT2D eigenvalue weighted by molar-refractivity contribution is -0.124. The van der Waals surface area contributed by atoms with Crippen LogP contribution in [0.15, 0.2) is 103 Å². The molecule has 0 aromatic carbocycles. The van der Waals surface area contributed by atoms with Gasteiger partial charge in [-0.1, -0.05) is 324 Å². The van der Waals surface area contributed by atoms with Crippen molar-refractivity contribution in [2.45, 2.75) is 455 Å². The molecule has 22 heteroatoms. The average Bonchev–Trinajstić information content (AvgIpc) is 1.55. The van der Waals surface area contributed by atoms with Crippen LogP contribution in [0, 0.1) is 37.5 Å². The quantitative estimate of drug-likeness (QED) is 0.0274.